The Balaban J connectivity index is 1.24. The highest BCUT2D eigenvalue weighted by Gasteiger charge is 2.48. The first kappa shape index (κ1) is 22.8. The molecule has 0 radical (unpaired) electrons. The molecule has 2 aliphatic rings. The largest absolute Gasteiger partial charge is 0.497 e. The van der Waals surface area contributed by atoms with Crippen LogP contribution in [0.25, 0.3) is 22.0 Å². The molecule has 0 atom stereocenters. The Bertz CT molecular complexity index is 1450. The van der Waals surface area contributed by atoms with Crippen LogP contribution in [0.15, 0.2) is 66.9 Å². The minimum absolute atomic E-state index is 0.144. The lowest BCUT2D eigenvalue weighted by Gasteiger charge is -2.54. The third-order valence-corrected chi connectivity index (χ3v) is 7.97. The molecule has 2 fully saturated rings. The summed E-state index contributed by atoms with van der Waals surface area (Å²) < 4.78 is 35.7. The molecule has 4 aromatic rings. The van der Waals surface area contributed by atoms with E-state index in [1.54, 1.807) is 18.2 Å². The number of fused-ring (bicyclic) bond motifs is 1. The molecule has 1 amide bonds. The van der Waals surface area contributed by atoms with Crippen LogP contribution in [0.5, 0.6) is 5.75 Å². The third kappa shape index (κ3) is 4.04. The van der Waals surface area contributed by atoms with Crippen LogP contribution in [0, 0.1) is 17.0 Å². The van der Waals surface area contributed by atoms with E-state index in [4.69, 9.17) is 4.74 Å². The summed E-state index contributed by atoms with van der Waals surface area (Å²) in [6.45, 7) is 0.479. The first-order valence-corrected chi connectivity index (χ1v) is 12.5. The zero-order valence-corrected chi connectivity index (χ0v) is 20.2. The molecule has 0 bridgehead atoms. The number of aromatic nitrogens is 1. The van der Waals surface area contributed by atoms with Gasteiger partial charge in [-0.15, -0.1) is 0 Å². The lowest BCUT2D eigenvalue weighted by molar-refractivity contribution is -0.000603. The predicted octanol–water partition coefficient (Wildman–Crippen LogP) is 6.71. The van der Waals surface area contributed by atoms with Gasteiger partial charge in [-0.05, 0) is 78.1 Å². The van der Waals surface area contributed by atoms with Gasteiger partial charge in [-0.3, -0.25) is 4.79 Å². The van der Waals surface area contributed by atoms with E-state index in [2.05, 4.69) is 5.32 Å². The van der Waals surface area contributed by atoms with Gasteiger partial charge >= 0.3 is 0 Å². The van der Waals surface area contributed by atoms with Crippen LogP contribution in [0.3, 0.4) is 0 Å². The number of carbonyl (C=O) groups is 1. The number of ether oxygens (including phenoxy) is 1. The molecule has 1 N–H and O–H groups in total. The van der Waals surface area contributed by atoms with Crippen LogP contribution in [-0.2, 0) is 6.54 Å². The average molecular weight is 487 g/mol. The van der Waals surface area contributed by atoms with Crippen LogP contribution in [-0.4, -0.2) is 23.6 Å². The summed E-state index contributed by atoms with van der Waals surface area (Å²) in [5, 5.41) is 3.61. The topological polar surface area (TPSA) is 43.3 Å². The second kappa shape index (κ2) is 8.77. The van der Waals surface area contributed by atoms with Crippen molar-refractivity contribution in [3.63, 3.8) is 0 Å². The van der Waals surface area contributed by atoms with Crippen molar-refractivity contribution in [3.8, 4) is 16.9 Å². The highest BCUT2D eigenvalue weighted by Crippen LogP contribution is 2.55. The highest BCUT2D eigenvalue weighted by atomic mass is 19.1. The highest BCUT2D eigenvalue weighted by molar-refractivity contribution is 6.06. The summed E-state index contributed by atoms with van der Waals surface area (Å²) in [6, 6.07) is 17.3. The number of hydrogen-bond acceptors (Lipinski definition) is 2. The fraction of sp³-hybridized carbons (Fsp3) is 0.300. The fourth-order valence-corrected chi connectivity index (χ4v) is 5.89. The van der Waals surface area contributed by atoms with Crippen LogP contribution >= 0.6 is 0 Å². The number of methoxy groups -OCH3 is 1. The molecule has 2 saturated carbocycles. The fourth-order valence-electron chi connectivity index (χ4n) is 5.89. The Morgan fingerprint density at radius 3 is 2.50 bits per heavy atom. The molecule has 1 spiro atoms. The van der Waals surface area contributed by atoms with Crippen LogP contribution in [0.4, 0.5) is 8.78 Å². The van der Waals surface area contributed by atoms with Gasteiger partial charge in [-0.25, -0.2) is 8.78 Å². The minimum Gasteiger partial charge on any atom is -0.497 e. The second-order valence-corrected chi connectivity index (χ2v) is 10.3. The van der Waals surface area contributed by atoms with Crippen molar-refractivity contribution in [3.05, 3.63) is 89.6 Å². The zero-order valence-electron chi connectivity index (χ0n) is 20.2. The van der Waals surface area contributed by atoms with E-state index in [1.165, 1.54) is 44.6 Å². The number of rotatable bonds is 6. The monoisotopic (exact) mass is 486 g/mol. The van der Waals surface area contributed by atoms with Crippen LogP contribution < -0.4 is 10.1 Å². The van der Waals surface area contributed by atoms with Gasteiger partial charge in [0.25, 0.3) is 5.91 Å². The Morgan fingerprint density at radius 1 is 1.03 bits per heavy atom. The Hall–Kier alpha value is -3.67. The number of nitrogens with zero attached hydrogens (tertiary/aromatic N) is 1. The van der Waals surface area contributed by atoms with Gasteiger partial charge in [0.15, 0.2) is 0 Å². The molecule has 6 heteroatoms. The van der Waals surface area contributed by atoms with Gasteiger partial charge in [0.2, 0.25) is 0 Å². The van der Waals surface area contributed by atoms with Gasteiger partial charge in [0.05, 0.1) is 18.2 Å². The van der Waals surface area contributed by atoms with Crippen LogP contribution in [0.1, 0.15) is 48.0 Å². The number of nitrogens with one attached hydrogen (secondary N) is 1. The number of hydrogen-bond donors (Lipinski definition) is 1. The summed E-state index contributed by atoms with van der Waals surface area (Å²) in [5.74, 6) is -0.377. The van der Waals surface area contributed by atoms with Crippen molar-refractivity contribution in [2.24, 2.45) is 5.41 Å². The van der Waals surface area contributed by atoms with Crippen molar-refractivity contribution in [1.82, 2.24) is 9.88 Å². The summed E-state index contributed by atoms with van der Waals surface area (Å²) >= 11 is 0. The maximum atomic E-state index is 14.6. The van der Waals surface area contributed by atoms with Crippen molar-refractivity contribution in [2.75, 3.05) is 7.11 Å². The molecule has 2 aliphatic carbocycles. The van der Waals surface area contributed by atoms with E-state index in [0.717, 1.165) is 29.5 Å². The van der Waals surface area contributed by atoms with Crippen molar-refractivity contribution in [1.29, 1.82) is 0 Å². The Morgan fingerprint density at radius 2 is 1.81 bits per heavy atom. The molecule has 1 aromatic heterocycles. The third-order valence-electron chi connectivity index (χ3n) is 7.97. The second-order valence-electron chi connectivity index (χ2n) is 10.3. The van der Waals surface area contributed by atoms with Crippen LogP contribution in [0.2, 0.25) is 0 Å². The first-order chi connectivity index (χ1) is 17.4. The maximum absolute atomic E-state index is 14.6. The van der Waals surface area contributed by atoms with Crippen molar-refractivity contribution >= 4 is 16.8 Å². The van der Waals surface area contributed by atoms with Gasteiger partial charge in [0, 0.05) is 30.2 Å². The molecular formula is C30H28F2N2O2. The van der Waals surface area contributed by atoms with Crippen molar-refractivity contribution < 1.29 is 18.3 Å². The predicted molar refractivity (Wildman–Crippen MR) is 136 cm³/mol. The van der Waals surface area contributed by atoms with E-state index < -0.39 is 0 Å². The molecular weight excluding hydrogens is 458 g/mol. The first-order valence-electron chi connectivity index (χ1n) is 12.5. The minimum atomic E-state index is -0.357. The molecule has 0 unspecified atom stereocenters. The molecule has 36 heavy (non-hydrogen) atoms. The lowest BCUT2D eigenvalue weighted by atomic mass is 9.54. The molecule has 4 nitrogen and oxygen atoms in total. The van der Waals surface area contributed by atoms with Crippen molar-refractivity contribution in [2.45, 2.75) is 44.7 Å². The number of carbonyl (C=O) groups excluding carboxylic acids is 1. The van der Waals surface area contributed by atoms with E-state index in [0.29, 0.717) is 34.2 Å². The molecule has 6 rings (SSSR count). The SMILES string of the molecule is COc1cc(F)cc(-c2ccc(Cn3ccc4c(F)ccc(C(=O)NC5CC6(CCC6)C5)c43)cc2)c1. The van der Waals surface area contributed by atoms with Gasteiger partial charge in [-0.1, -0.05) is 30.7 Å². The van der Waals surface area contributed by atoms with E-state index in [1.807, 2.05) is 35.0 Å². The van der Waals surface area contributed by atoms with Gasteiger partial charge < -0.3 is 14.6 Å². The Labute approximate surface area is 208 Å². The standard InChI is InChI=1S/C30H28F2N2O2/c1-36-24-14-21(13-22(31)15-24)20-5-3-19(4-6-20)18-34-12-9-25-27(32)8-7-26(28(25)34)29(35)33-23-16-30(17-23)10-2-11-30/h3-9,12-15,23H,2,10-11,16-18H2,1H3,(H,33,35). The van der Waals surface area contributed by atoms with Gasteiger partial charge in [-0.2, -0.15) is 0 Å². The normalized spacial score (nSPS) is 16.5. The smallest absolute Gasteiger partial charge is 0.253 e. The molecule has 3 aromatic carbocycles. The summed E-state index contributed by atoms with van der Waals surface area (Å²) in [4.78, 5) is 13.2. The molecule has 0 aliphatic heterocycles. The number of halogens is 2. The van der Waals surface area contributed by atoms with Gasteiger partial charge in [0.1, 0.15) is 17.4 Å². The lowest BCUT2D eigenvalue weighted by Crippen LogP contribution is -2.53. The summed E-state index contributed by atoms with van der Waals surface area (Å²) in [6.07, 6.45) is 7.76. The quantitative estimate of drug-likeness (QED) is 0.329. The van der Waals surface area contributed by atoms with E-state index in [9.17, 15) is 13.6 Å². The van der Waals surface area contributed by atoms with E-state index >= 15 is 0 Å². The maximum Gasteiger partial charge on any atom is 0.253 e. The average Bonchev–Trinajstić information content (AvgIpc) is 3.24. The molecule has 0 saturated heterocycles. The summed E-state index contributed by atoms with van der Waals surface area (Å²) in [7, 11) is 1.51. The Kier molecular flexibility index (Phi) is 5.55. The number of amides is 1. The van der Waals surface area contributed by atoms with E-state index in [-0.39, 0.29) is 23.6 Å². The summed E-state index contributed by atoms with van der Waals surface area (Å²) in [5.41, 5.74) is 4.15. The zero-order chi connectivity index (χ0) is 24.9. The molecule has 184 valence electrons. The number of benzene rings is 3. The molecule has 1 heterocycles.